The van der Waals surface area contributed by atoms with Gasteiger partial charge >= 0.3 is 12.1 Å². The third-order valence-corrected chi connectivity index (χ3v) is 6.18. The molecule has 0 saturated carbocycles. The maximum absolute atomic E-state index is 12.8. The SMILES string of the molecule is COc1ccc(OC(=O)N(CC(=O)O)Cc2cccc(OCC(C)(C)c3nc(-c4ccccc4)oc3C)c2)cc1. The van der Waals surface area contributed by atoms with Crippen molar-refractivity contribution in [3.05, 3.63) is 95.9 Å². The summed E-state index contributed by atoms with van der Waals surface area (Å²) in [5.74, 6) is 1.59. The van der Waals surface area contributed by atoms with Gasteiger partial charge in [-0.05, 0) is 61.0 Å². The first-order valence-corrected chi connectivity index (χ1v) is 12.7. The van der Waals surface area contributed by atoms with Crippen molar-refractivity contribution in [1.29, 1.82) is 0 Å². The molecule has 0 aliphatic rings. The predicted molar refractivity (Wildman–Crippen MR) is 149 cm³/mol. The number of carboxylic acids is 1. The van der Waals surface area contributed by atoms with E-state index >= 15 is 0 Å². The van der Waals surface area contributed by atoms with Gasteiger partial charge in [-0.3, -0.25) is 9.69 Å². The van der Waals surface area contributed by atoms with E-state index in [1.807, 2.05) is 57.2 Å². The van der Waals surface area contributed by atoms with E-state index in [-0.39, 0.29) is 12.3 Å². The molecule has 1 heterocycles. The summed E-state index contributed by atoms with van der Waals surface area (Å²) < 4.78 is 22.6. The zero-order chi connectivity index (χ0) is 28.7. The van der Waals surface area contributed by atoms with E-state index in [2.05, 4.69) is 0 Å². The number of nitrogens with zero attached hydrogens (tertiary/aromatic N) is 2. The van der Waals surface area contributed by atoms with Gasteiger partial charge in [0.1, 0.15) is 29.6 Å². The van der Waals surface area contributed by atoms with Crippen molar-refractivity contribution >= 4 is 12.1 Å². The smallest absolute Gasteiger partial charge is 0.416 e. The minimum absolute atomic E-state index is 0.0186. The van der Waals surface area contributed by atoms with Gasteiger partial charge < -0.3 is 23.7 Å². The van der Waals surface area contributed by atoms with Crippen molar-refractivity contribution < 1.29 is 33.3 Å². The number of hydrogen-bond acceptors (Lipinski definition) is 7. The quantitative estimate of drug-likeness (QED) is 0.241. The molecule has 4 aromatic rings. The van der Waals surface area contributed by atoms with E-state index in [0.717, 1.165) is 21.9 Å². The van der Waals surface area contributed by atoms with Crippen LogP contribution in [0.5, 0.6) is 17.2 Å². The number of ether oxygens (including phenoxy) is 3. The third-order valence-electron chi connectivity index (χ3n) is 6.18. The average Bonchev–Trinajstić information content (AvgIpc) is 3.35. The summed E-state index contributed by atoms with van der Waals surface area (Å²) >= 11 is 0. The highest BCUT2D eigenvalue weighted by Gasteiger charge is 2.29. The van der Waals surface area contributed by atoms with E-state index < -0.39 is 24.0 Å². The van der Waals surface area contributed by atoms with Crippen LogP contribution < -0.4 is 14.2 Å². The van der Waals surface area contributed by atoms with Crippen molar-refractivity contribution in [2.45, 2.75) is 32.7 Å². The average molecular weight is 545 g/mol. The number of rotatable bonds is 11. The predicted octanol–water partition coefficient (Wildman–Crippen LogP) is 6.10. The fraction of sp³-hybridized carbons (Fsp3) is 0.258. The van der Waals surface area contributed by atoms with Gasteiger partial charge in [0.2, 0.25) is 5.89 Å². The zero-order valence-electron chi connectivity index (χ0n) is 22.9. The van der Waals surface area contributed by atoms with Crippen LogP contribution in [0.2, 0.25) is 0 Å². The van der Waals surface area contributed by atoms with Gasteiger partial charge in [-0.25, -0.2) is 9.78 Å². The first-order valence-electron chi connectivity index (χ1n) is 12.7. The molecule has 208 valence electrons. The van der Waals surface area contributed by atoms with Crippen molar-refractivity contribution in [2.24, 2.45) is 0 Å². The van der Waals surface area contributed by atoms with E-state index in [4.69, 9.17) is 23.6 Å². The highest BCUT2D eigenvalue weighted by molar-refractivity contribution is 5.78. The Hall–Kier alpha value is -4.79. The van der Waals surface area contributed by atoms with Crippen molar-refractivity contribution in [1.82, 2.24) is 9.88 Å². The molecule has 9 nitrogen and oxygen atoms in total. The molecular formula is C31H32N2O7. The highest BCUT2D eigenvalue weighted by atomic mass is 16.6. The van der Waals surface area contributed by atoms with Crippen molar-refractivity contribution in [3.63, 3.8) is 0 Å². The number of methoxy groups -OCH3 is 1. The van der Waals surface area contributed by atoms with E-state index in [0.29, 0.717) is 29.6 Å². The Balaban J connectivity index is 1.43. The van der Waals surface area contributed by atoms with E-state index in [1.165, 1.54) is 7.11 Å². The minimum atomic E-state index is -1.15. The molecule has 0 fully saturated rings. The maximum atomic E-state index is 12.8. The molecule has 0 aliphatic carbocycles. The van der Waals surface area contributed by atoms with Crippen LogP contribution in [-0.4, -0.2) is 47.3 Å². The lowest BCUT2D eigenvalue weighted by molar-refractivity contribution is -0.138. The summed E-state index contributed by atoms with van der Waals surface area (Å²) in [5, 5.41) is 9.37. The molecule has 1 amide bonds. The largest absolute Gasteiger partial charge is 0.497 e. The molecule has 0 saturated heterocycles. The number of carboxylic acid groups (broad SMARTS) is 1. The van der Waals surface area contributed by atoms with Gasteiger partial charge in [0.15, 0.2) is 0 Å². The van der Waals surface area contributed by atoms with Crippen LogP contribution >= 0.6 is 0 Å². The maximum Gasteiger partial charge on any atom is 0.416 e. The number of aromatic nitrogens is 1. The normalized spacial score (nSPS) is 11.1. The van der Waals surface area contributed by atoms with Crippen molar-refractivity contribution in [3.8, 4) is 28.7 Å². The van der Waals surface area contributed by atoms with Gasteiger partial charge in [0, 0.05) is 17.5 Å². The second-order valence-corrected chi connectivity index (χ2v) is 9.90. The lowest BCUT2D eigenvalue weighted by Gasteiger charge is -2.24. The first-order chi connectivity index (χ1) is 19.1. The zero-order valence-corrected chi connectivity index (χ0v) is 22.9. The Labute approximate surface area is 232 Å². The molecule has 9 heteroatoms. The molecule has 0 atom stereocenters. The van der Waals surface area contributed by atoms with Crippen LogP contribution in [0.3, 0.4) is 0 Å². The molecule has 0 aliphatic heterocycles. The standard InChI is InChI=1S/C31H32N2O7/c1-21-28(32-29(39-21)23-10-6-5-7-11-23)31(2,3)20-38-26-12-8-9-22(17-26)18-33(19-27(34)35)30(36)40-25-15-13-24(37-4)14-16-25/h5-17H,18-20H2,1-4H3,(H,34,35). The summed E-state index contributed by atoms with van der Waals surface area (Å²) in [6.07, 6.45) is -0.782. The van der Waals surface area contributed by atoms with Gasteiger partial charge in [-0.1, -0.05) is 44.2 Å². The van der Waals surface area contributed by atoms with Crippen LogP contribution in [0, 0.1) is 6.92 Å². The third kappa shape index (κ3) is 7.19. The summed E-state index contributed by atoms with van der Waals surface area (Å²) in [5.41, 5.74) is 1.93. The van der Waals surface area contributed by atoms with Gasteiger partial charge in [-0.2, -0.15) is 0 Å². The topological polar surface area (TPSA) is 111 Å². The molecule has 4 rings (SSSR count). The second kappa shape index (κ2) is 12.4. The first kappa shape index (κ1) is 28.2. The molecule has 40 heavy (non-hydrogen) atoms. The fourth-order valence-electron chi connectivity index (χ4n) is 4.17. The van der Waals surface area contributed by atoms with Crippen molar-refractivity contribution in [2.75, 3.05) is 20.3 Å². The van der Waals surface area contributed by atoms with Gasteiger partial charge in [0.05, 0.1) is 19.4 Å². The Morgan fingerprint density at radius 1 is 0.950 bits per heavy atom. The minimum Gasteiger partial charge on any atom is -0.497 e. The lowest BCUT2D eigenvalue weighted by atomic mass is 9.89. The highest BCUT2D eigenvalue weighted by Crippen LogP contribution is 2.31. The van der Waals surface area contributed by atoms with Crippen LogP contribution in [0.15, 0.2) is 83.3 Å². The van der Waals surface area contributed by atoms with E-state index in [9.17, 15) is 14.7 Å². The number of carbonyl (C=O) groups is 2. The van der Waals surface area contributed by atoms with Crippen LogP contribution in [0.1, 0.15) is 30.9 Å². The molecule has 0 unspecified atom stereocenters. The number of benzene rings is 3. The number of aryl methyl sites for hydroxylation is 1. The number of oxazole rings is 1. The van der Waals surface area contributed by atoms with Crippen LogP contribution in [0.4, 0.5) is 4.79 Å². The van der Waals surface area contributed by atoms with Gasteiger partial charge in [-0.15, -0.1) is 0 Å². The molecular weight excluding hydrogens is 512 g/mol. The fourth-order valence-corrected chi connectivity index (χ4v) is 4.17. The van der Waals surface area contributed by atoms with Gasteiger partial charge in [0.25, 0.3) is 0 Å². The van der Waals surface area contributed by atoms with E-state index in [1.54, 1.807) is 42.5 Å². The lowest BCUT2D eigenvalue weighted by Crippen LogP contribution is -2.37. The Bertz CT molecular complexity index is 1450. The molecule has 0 radical (unpaired) electrons. The molecule has 1 N–H and O–H groups in total. The Morgan fingerprint density at radius 3 is 2.33 bits per heavy atom. The Morgan fingerprint density at radius 2 is 1.65 bits per heavy atom. The van der Waals surface area contributed by atoms with Crippen LogP contribution in [0.25, 0.3) is 11.5 Å². The summed E-state index contributed by atoms with van der Waals surface area (Å²) in [6.45, 7) is 5.75. The number of hydrogen-bond donors (Lipinski definition) is 1. The number of amides is 1. The van der Waals surface area contributed by atoms with Crippen LogP contribution in [-0.2, 0) is 16.8 Å². The monoisotopic (exact) mass is 544 g/mol. The molecule has 0 spiro atoms. The molecule has 3 aromatic carbocycles. The molecule has 1 aromatic heterocycles. The second-order valence-electron chi connectivity index (χ2n) is 9.90. The molecule has 0 bridgehead atoms. The number of carbonyl (C=O) groups excluding carboxylic acids is 1. The Kier molecular flexibility index (Phi) is 8.73. The summed E-state index contributed by atoms with van der Waals surface area (Å²) in [4.78, 5) is 30.1. The summed E-state index contributed by atoms with van der Waals surface area (Å²) in [6, 6.07) is 23.3. The summed E-state index contributed by atoms with van der Waals surface area (Å²) in [7, 11) is 1.53. The number of aliphatic carboxylic acids is 1.